The molecule has 1 aromatic rings. The number of aromatic nitrogens is 1. The molecule has 2 fully saturated rings. The summed E-state index contributed by atoms with van der Waals surface area (Å²) in [7, 11) is 0. The molecule has 4 nitrogen and oxygen atoms in total. The average molecular weight is 310 g/mol. The molecule has 1 N–H and O–H groups in total. The molecule has 1 unspecified atom stereocenters. The van der Waals surface area contributed by atoms with Crippen molar-refractivity contribution in [3.05, 3.63) is 16.1 Å². The molecule has 3 heterocycles. The van der Waals surface area contributed by atoms with E-state index >= 15 is 0 Å². The summed E-state index contributed by atoms with van der Waals surface area (Å²) in [5, 5.41) is 6.62. The fraction of sp³-hybridized carbons (Fsp3) is 0.812. The van der Waals surface area contributed by atoms with Crippen molar-refractivity contribution in [2.45, 2.75) is 63.8 Å². The molecule has 1 atom stereocenters. The Morgan fingerprint density at radius 2 is 2.19 bits per heavy atom. The van der Waals surface area contributed by atoms with Crippen molar-refractivity contribution in [2.24, 2.45) is 0 Å². The first kappa shape index (κ1) is 15.4. The second kappa shape index (κ2) is 5.95. The molecule has 21 heavy (non-hydrogen) atoms. The van der Waals surface area contributed by atoms with E-state index in [0.717, 1.165) is 49.7 Å². The lowest BCUT2D eigenvalue weighted by atomic mass is 9.89. The highest BCUT2D eigenvalue weighted by atomic mass is 32.1. The number of hydrogen-bond acceptors (Lipinski definition) is 5. The van der Waals surface area contributed by atoms with Crippen molar-refractivity contribution in [1.82, 2.24) is 10.3 Å². The SMILES string of the molecule is CC(C)(C)c1csc(COC2COC3(CCNCC3)C2)n1. The fourth-order valence-electron chi connectivity index (χ4n) is 3.05. The number of piperidine rings is 1. The van der Waals surface area contributed by atoms with E-state index < -0.39 is 0 Å². The summed E-state index contributed by atoms with van der Waals surface area (Å²) in [6, 6.07) is 0. The van der Waals surface area contributed by atoms with Crippen LogP contribution in [0.4, 0.5) is 0 Å². The van der Waals surface area contributed by atoms with Crippen LogP contribution in [0.25, 0.3) is 0 Å². The molecule has 0 amide bonds. The van der Waals surface area contributed by atoms with E-state index in [0.29, 0.717) is 6.61 Å². The van der Waals surface area contributed by atoms with Crippen LogP contribution in [-0.2, 0) is 21.5 Å². The molecule has 3 rings (SSSR count). The highest BCUT2D eigenvalue weighted by molar-refractivity contribution is 7.09. The minimum atomic E-state index is 0.0787. The monoisotopic (exact) mass is 310 g/mol. The van der Waals surface area contributed by atoms with Gasteiger partial charge in [0.05, 0.1) is 30.6 Å². The van der Waals surface area contributed by atoms with Gasteiger partial charge in [0.1, 0.15) is 5.01 Å². The third-order valence-electron chi connectivity index (χ3n) is 4.45. The predicted molar refractivity (Wildman–Crippen MR) is 84.8 cm³/mol. The third-order valence-corrected chi connectivity index (χ3v) is 5.27. The number of nitrogens with zero attached hydrogens (tertiary/aromatic N) is 1. The Labute approximate surface area is 131 Å². The first-order valence-electron chi connectivity index (χ1n) is 7.88. The largest absolute Gasteiger partial charge is 0.372 e. The lowest BCUT2D eigenvalue weighted by Crippen LogP contribution is -2.41. The summed E-state index contributed by atoms with van der Waals surface area (Å²) in [5.41, 5.74) is 1.35. The minimum absolute atomic E-state index is 0.0787. The smallest absolute Gasteiger partial charge is 0.119 e. The van der Waals surface area contributed by atoms with Gasteiger partial charge in [-0.15, -0.1) is 11.3 Å². The third kappa shape index (κ3) is 3.65. The quantitative estimate of drug-likeness (QED) is 0.932. The molecule has 1 aromatic heterocycles. The molecule has 0 aromatic carbocycles. The molecule has 2 aliphatic heterocycles. The molecular weight excluding hydrogens is 284 g/mol. The Hall–Kier alpha value is -0.490. The lowest BCUT2D eigenvalue weighted by molar-refractivity contribution is -0.0241. The van der Waals surface area contributed by atoms with Gasteiger partial charge in [-0.05, 0) is 25.9 Å². The van der Waals surface area contributed by atoms with Crippen molar-refractivity contribution in [3.8, 4) is 0 Å². The van der Waals surface area contributed by atoms with Gasteiger partial charge in [0.25, 0.3) is 0 Å². The first-order chi connectivity index (χ1) is 9.97. The summed E-state index contributed by atoms with van der Waals surface area (Å²) in [6.45, 7) is 10.1. The van der Waals surface area contributed by atoms with Crippen LogP contribution >= 0.6 is 11.3 Å². The lowest BCUT2D eigenvalue weighted by Gasteiger charge is -2.32. The molecule has 0 bridgehead atoms. The highest BCUT2D eigenvalue weighted by Crippen LogP contribution is 2.35. The Balaban J connectivity index is 1.51. The van der Waals surface area contributed by atoms with Gasteiger partial charge in [0.2, 0.25) is 0 Å². The van der Waals surface area contributed by atoms with E-state index in [1.54, 1.807) is 11.3 Å². The van der Waals surface area contributed by atoms with Crippen LogP contribution in [0.2, 0.25) is 0 Å². The summed E-state index contributed by atoms with van der Waals surface area (Å²) in [5.74, 6) is 0. The van der Waals surface area contributed by atoms with Gasteiger partial charge < -0.3 is 14.8 Å². The van der Waals surface area contributed by atoms with Crippen molar-refractivity contribution in [3.63, 3.8) is 0 Å². The van der Waals surface area contributed by atoms with Crippen molar-refractivity contribution >= 4 is 11.3 Å². The van der Waals surface area contributed by atoms with Gasteiger partial charge in [0.15, 0.2) is 0 Å². The number of ether oxygens (including phenoxy) is 2. The zero-order valence-electron chi connectivity index (χ0n) is 13.3. The standard InChI is InChI=1S/C16H26N2O2S/c1-15(2,3)13-11-21-14(18-13)10-19-12-8-16(20-9-12)4-6-17-7-5-16/h11-12,17H,4-10H2,1-3H3. The van der Waals surface area contributed by atoms with Crippen LogP contribution < -0.4 is 5.32 Å². The minimum Gasteiger partial charge on any atom is -0.372 e. The van der Waals surface area contributed by atoms with E-state index in [4.69, 9.17) is 9.47 Å². The highest BCUT2D eigenvalue weighted by Gasteiger charge is 2.41. The second-order valence-corrected chi connectivity index (χ2v) is 8.20. The zero-order chi connectivity index (χ0) is 14.9. The summed E-state index contributed by atoms with van der Waals surface area (Å²) < 4.78 is 12.1. The molecule has 0 saturated carbocycles. The summed E-state index contributed by atoms with van der Waals surface area (Å²) in [6.07, 6.45) is 3.48. The van der Waals surface area contributed by atoms with E-state index in [-0.39, 0.29) is 17.1 Å². The zero-order valence-corrected chi connectivity index (χ0v) is 14.1. The average Bonchev–Trinajstić information content (AvgIpc) is 3.05. The maximum atomic E-state index is 6.06. The van der Waals surface area contributed by atoms with Gasteiger partial charge in [-0.3, -0.25) is 0 Å². The van der Waals surface area contributed by atoms with Crippen LogP contribution in [-0.4, -0.2) is 36.4 Å². The maximum Gasteiger partial charge on any atom is 0.119 e. The predicted octanol–water partition coefficient (Wildman–Crippen LogP) is 2.87. The Bertz CT molecular complexity index is 475. The van der Waals surface area contributed by atoms with Crippen molar-refractivity contribution < 1.29 is 9.47 Å². The number of rotatable bonds is 3. The molecule has 1 spiro atoms. The van der Waals surface area contributed by atoms with Crippen LogP contribution in [0, 0.1) is 0 Å². The van der Waals surface area contributed by atoms with Crippen LogP contribution in [0.1, 0.15) is 50.7 Å². The second-order valence-electron chi connectivity index (χ2n) is 7.26. The molecule has 0 radical (unpaired) electrons. The van der Waals surface area contributed by atoms with Crippen LogP contribution in [0.15, 0.2) is 5.38 Å². The van der Waals surface area contributed by atoms with Gasteiger partial charge in [0, 0.05) is 17.2 Å². The Morgan fingerprint density at radius 1 is 1.43 bits per heavy atom. The van der Waals surface area contributed by atoms with E-state index in [1.807, 2.05) is 0 Å². The van der Waals surface area contributed by atoms with Crippen molar-refractivity contribution in [1.29, 1.82) is 0 Å². The van der Waals surface area contributed by atoms with E-state index in [2.05, 4.69) is 36.5 Å². The first-order valence-corrected chi connectivity index (χ1v) is 8.76. The fourth-order valence-corrected chi connectivity index (χ4v) is 3.99. The Morgan fingerprint density at radius 3 is 2.86 bits per heavy atom. The van der Waals surface area contributed by atoms with Crippen molar-refractivity contribution in [2.75, 3.05) is 19.7 Å². The van der Waals surface area contributed by atoms with E-state index in [9.17, 15) is 0 Å². The molecule has 118 valence electrons. The van der Waals surface area contributed by atoms with Gasteiger partial charge in [-0.25, -0.2) is 4.98 Å². The molecule has 2 aliphatic rings. The van der Waals surface area contributed by atoms with Crippen LogP contribution in [0.3, 0.4) is 0 Å². The number of nitrogens with one attached hydrogen (secondary N) is 1. The normalized spacial score (nSPS) is 25.6. The Kier molecular flexibility index (Phi) is 4.37. The maximum absolute atomic E-state index is 6.06. The summed E-state index contributed by atoms with van der Waals surface area (Å²) >= 11 is 1.70. The molecule has 0 aliphatic carbocycles. The van der Waals surface area contributed by atoms with Gasteiger partial charge in [-0.2, -0.15) is 0 Å². The molecule has 5 heteroatoms. The van der Waals surface area contributed by atoms with Gasteiger partial charge in [-0.1, -0.05) is 20.8 Å². The number of thiazole rings is 1. The van der Waals surface area contributed by atoms with E-state index in [1.165, 1.54) is 0 Å². The summed E-state index contributed by atoms with van der Waals surface area (Å²) in [4.78, 5) is 4.69. The molecule has 2 saturated heterocycles. The molecular formula is C16H26N2O2S. The topological polar surface area (TPSA) is 43.4 Å². The number of hydrogen-bond donors (Lipinski definition) is 1. The van der Waals surface area contributed by atoms with Crippen LogP contribution in [0.5, 0.6) is 0 Å². The van der Waals surface area contributed by atoms with Gasteiger partial charge >= 0.3 is 0 Å².